The highest BCUT2D eigenvalue weighted by Crippen LogP contribution is 2.30. The fourth-order valence-electron chi connectivity index (χ4n) is 2.56. The molecule has 1 aliphatic heterocycles. The summed E-state index contributed by atoms with van der Waals surface area (Å²) in [5.74, 6) is 0.138. The van der Waals surface area contributed by atoms with Gasteiger partial charge in [-0.1, -0.05) is 15.9 Å². The van der Waals surface area contributed by atoms with E-state index in [1.807, 2.05) is 29.3 Å². The summed E-state index contributed by atoms with van der Waals surface area (Å²) in [6.07, 6.45) is 2.44. The second kappa shape index (κ2) is 5.66. The second-order valence-electron chi connectivity index (χ2n) is 4.96. The van der Waals surface area contributed by atoms with Gasteiger partial charge in [-0.15, -0.1) is 11.3 Å². The summed E-state index contributed by atoms with van der Waals surface area (Å²) in [4.78, 5) is 18.8. The predicted octanol–water partition coefficient (Wildman–Crippen LogP) is 3.74. The number of thiazole rings is 1. The SMILES string of the molecule is Cc1nc(CC(=O)N2CCCc3cc(Br)ccc32)cs1. The molecule has 104 valence electrons. The first-order valence-electron chi connectivity index (χ1n) is 6.63. The minimum absolute atomic E-state index is 0.138. The minimum atomic E-state index is 0.138. The smallest absolute Gasteiger partial charge is 0.233 e. The fraction of sp³-hybridized carbons (Fsp3) is 0.333. The number of fused-ring (bicyclic) bond motifs is 1. The lowest BCUT2D eigenvalue weighted by molar-refractivity contribution is -0.118. The molecule has 0 atom stereocenters. The van der Waals surface area contributed by atoms with E-state index in [2.05, 4.69) is 27.0 Å². The molecule has 1 aromatic carbocycles. The number of halogens is 1. The number of aryl methyl sites for hydroxylation is 2. The van der Waals surface area contributed by atoms with Crippen LogP contribution >= 0.6 is 27.3 Å². The Labute approximate surface area is 130 Å². The van der Waals surface area contributed by atoms with Crippen molar-refractivity contribution < 1.29 is 4.79 Å². The third kappa shape index (κ3) is 2.79. The topological polar surface area (TPSA) is 33.2 Å². The van der Waals surface area contributed by atoms with Crippen molar-refractivity contribution in [2.45, 2.75) is 26.2 Å². The largest absolute Gasteiger partial charge is 0.312 e. The van der Waals surface area contributed by atoms with Crippen LogP contribution in [0.4, 0.5) is 5.69 Å². The summed E-state index contributed by atoms with van der Waals surface area (Å²) in [7, 11) is 0. The summed E-state index contributed by atoms with van der Waals surface area (Å²) >= 11 is 5.08. The number of carbonyl (C=O) groups excluding carboxylic acids is 1. The van der Waals surface area contributed by atoms with Gasteiger partial charge in [-0.3, -0.25) is 4.79 Å². The minimum Gasteiger partial charge on any atom is -0.312 e. The summed E-state index contributed by atoms with van der Waals surface area (Å²) in [5.41, 5.74) is 3.17. The molecule has 1 amide bonds. The molecule has 0 fully saturated rings. The van der Waals surface area contributed by atoms with Gasteiger partial charge in [-0.25, -0.2) is 4.98 Å². The van der Waals surface area contributed by atoms with Gasteiger partial charge in [-0.2, -0.15) is 0 Å². The van der Waals surface area contributed by atoms with E-state index in [1.54, 1.807) is 11.3 Å². The number of nitrogens with zero attached hydrogens (tertiary/aromatic N) is 2. The quantitative estimate of drug-likeness (QED) is 0.826. The maximum absolute atomic E-state index is 12.5. The number of hydrogen-bond donors (Lipinski definition) is 0. The van der Waals surface area contributed by atoms with Crippen molar-refractivity contribution in [2.75, 3.05) is 11.4 Å². The van der Waals surface area contributed by atoms with E-state index in [0.717, 1.165) is 40.2 Å². The van der Waals surface area contributed by atoms with Crippen molar-refractivity contribution in [3.8, 4) is 0 Å². The highest BCUT2D eigenvalue weighted by atomic mass is 79.9. The molecule has 5 heteroatoms. The Balaban J connectivity index is 1.83. The Hall–Kier alpha value is -1.20. The van der Waals surface area contributed by atoms with Crippen molar-refractivity contribution >= 4 is 38.9 Å². The Morgan fingerprint density at radius 1 is 1.50 bits per heavy atom. The Morgan fingerprint density at radius 3 is 3.10 bits per heavy atom. The van der Waals surface area contributed by atoms with Gasteiger partial charge < -0.3 is 4.90 Å². The van der Waals surface area contributed by atoms with Crippen LogP contribution in [0.15, 0.2) is 28.1 Å². The molecule has 2 aromatic rings. The summed E-state index contributed by atoms with van der Waals surface area (Å²) < 4.78 is 1.07. The van der Waals surface area contributed by atoms with Gasteiger partial charge in [0.2, 0.25) is 5.91 Å². The number of rotatable bonds is 2. The maximum Gasteiger partial charge on any atom is 0.233 e. The van der Waals surface area contributed by atoms with Gasteiger partial charge in [0.05, 0.1) is 17.1 Å². The Bertz CT molecular complexity index is 653. The zero-order valence-electron chi connectivity index (χ0n) is 11.2. The molecule has 0 bridgehead atoms. The first kappa shape index (κ1) is 13.8. The average molecular weight is 351 g/mol. The lowest BCUT2D eigenvalue weighted by atomic mass is 10.0. The van der Waals surface area contributed by atoms with Crippen LogP contribution in [0.5, 0.6) is 0 Å². The van der Waals surface area contributed by atoms with Crippen LogP contribution in [0.3, 0.4) is 0 Å². The normalized spacial score (nSPS) is 14.2. The van der Waals surface area contributed by atoms with Gasteiger partial charge in [0.1, 0.15) is 0 Å². The van der Waals surface area contributed by atoms with E-state index in [0.29, 0.717) is 6.42 Å². The monoisotopic (exact) mass is 350 g/mol. The number of benzene rings is 1. The molecule has 0 saturated carbocycles. The average Bonchev–Trinajstić information content (AvgIpc) is 2.83. The zero-order chi connectivity index (χ0) is 14.1. The molecule has 1 aromatic heterocycles. The molecule has 0 saturated heterocycles. The molecular formula is C15H15BrN2OS. The highest BCUT2D eigenvalue weighted by molar-refractivity contribution is 9.10. The van der Waals surface area contributed by atoms with Gasteiger partial charge in [0, 0.05) is 22.1 Å². The molecule has 0 aliphatic carbocycles. The maximum atomic E-state index is 12.5. The van der Waals surface area contributed by atoms with Gasteiger partial charge in [-0.05, 0) is 43.5 Å². The molecule has 0 radical (unpaired) electrons. The van der Waals surface area contributed by atoms with Crippen LogP contribution in [0.1, 0.15) is 22.7 Å². The number of carbonyl (C=O) groups is 1. The first-order chi connectivity index (χ1) is 9.63. The third-order valence-corrected chi connectivity index (χ3v) is 4.78. The molecule has 2 heterocycles. The van der Waals surface area contributed by atoms with Gasteiger partial charge >= 0.3 is 0 Å². The molecule has 1 aliphatic rings. The lowest BCUT2D eigenvalue weighted by Gasteiger charge is -2.29. The summed E-state index contributed by atoms with van der Waals surface area (Å²) in [6.45, 7) is 2.77. The zero-order valence-corrected chi connectivity index (χ0v) is 13.6. The van der Waals surface area contributed by atoms with E-state index in [1.165, 1.54) is 5.56 Å². The van der Waals surface area contributed by atoms with Crippen molar-refractivity contribution in [3.63, 3.8) is 0 Å². The van der Waals surface area contributed by atoms with Crippen LogP contribution in [0.2, 0.25) is 0 Å². The number of amides is 1. The van der Waals surface area contributed by atoms with Crippen LogP contribution in [0, 0.1) is 6.92 Å². The Kier molecular flexibility index (Phi) is 3.89. The van der Waals surface area contributed by atoms with Crippen molar-refractivity contribution in [1.82, 2.24) is 4.98 Å². The van der Waals surface area contributed by atoms with E-state index in [9.17, 15) is 4.79 Å². The first-order valence-corrected chi connectivity index (χ1v) is 8.30. The van der Waals surface area contributed by atoms with Gasteiger partial charge in [0.15, 0.2) is 0 Å². The van der Waals surface area contributed by atoms with Crippen LogP contribution < -0.4 is 4.90 Å². The van der Waals surface area contributed by atoms with Crippen molar-refractivity contribution in [3.05, 3.63) is 44.3 Å². The number of hydrogen-bond acceptors (Lipinski definition) is 3. The number of aromatic nitrogens is 1. The number of anilines is 1. The molecule has 3 rings (SSSR count). The molecule has 20 heavy (non-hydrogen) atoms. The Morgan fingerprint density at radius 2 is 2.35 bits per heavy atom. The van der Waals surface area contributed by atoms with E-state index < -0.39 is 0 Å². The predicted molar refractivity (Wildman–Crippen MR) is 85.4 cm³/mol. The summed E-state index contributed by atoms with van der Waals surface area (Å²) in [5, 5.41) is 2.98. The van der Waals surface area contributed by atoms with E-state index >= 15 is 0 Å². The molecule has 0 spiro atoms. The molecular weight excluding hydrogens is 336 g/mol. The van der Waals surface area contributed by atoms with Crippen molar-refractivity contribution in [2.24, 2.45) is 0 Å². The lowest BCUT2D eigenvalue weighted by Crippen LogP contribution is -2.36. The van der Waals surface area contributed by atoms with Gasteiger partial charge in [0.25, 0.3) is 0 Å². The molecule has 3 nitrogen and oxygen atoms in total. The molecule has 0 unspecified atom stereocenters. The highest BCUT2D eigenvalue weighted by Gasteiger charge is 2.23. The van der Waals surface area contributed by atoms with Crippen molar-refractivity contribution in [1.29, 1.82) is 0 Å². The third-order valence-electron chi connectivity index (χ3n) is 3.46. The van der Waals surface area contributed by atoms with E-state index in [-0.39, 0.29) is 5.91 Å². The second-order valence-corrected chi connectivity index (χ2v) is 6.93. The van der Waals surface area contributed by atoms with Crippen LogP contribution in [0.25, 0.3) is 0 Å². The standard InChI is InChI=1S/C15H15BrN2OS/c1-10-17-13(9-20-10)8-15(19)18-6-2-3-11-7-12(16)4-5-14(11)18/h4-5,7,9H,2-3,6,8H2,1H3. The molecule has 0 N–H and O–H groups in total. The fourth-order valence-corrected chi connectivity index (χ4v) is 3.59. The van der Waals surface area contributed by atoms with Crippen LogP contribution in [-0.2, 0) is 17.6 Å². The summed E-state index contributed by atoms with van der Waals surface area (Å²) in [6, 6.07) is 6.14. The van der Waals surface area contributed by atoms with E-state index in [4.69, 9.17) is 0 Å². The van der Waals surface area contributed by atoms with Crippen LogP contribution in [-0.4, -0.2) is 17.4 Å².